The lowest BCUT2D eigenvalue weighted by atomic mass is 10.2. The number of aromatic nitrogens is 2. The molecule has 0 unspecified atom stereocenters. The fourth-order valence-electron chi connectivity index (χ4n) is 1.25. The van der Waals surface area contributed by atoms with Gasteiger partial charge in [-0.3, -0.25) is 9.89 Å². The molecule has 0 atom stereocenters. The van der Waals surface area contributed by atoms with Crippen LogP contribution in [-0.4, -0.2) is 34.1 Å². The van der Waals surface area contributed by atoms with E-state index in [0.29, 0.717) is 18.7 Å². The summed E-state index contributed by atoms with van der Waals surface area (Å²) in [4.78, 5) is 13.6. The van der Waals surface area contributed by atoms with Crippen molar-refractivity contribution in [3.05, 3.63) is 30.1 Å². The first-order chi connectivity index (χ1) is 6.70. The van der Waals surface area contributed by atoms with Crippen LogP contribution in [0.5, 0.6) is 0 Å². The number of likely N-dealkylation sites (N-methyl/N-ethyl adjacent to an activating group) is 1. The number of aromatic amines is 1. The average molecular weight is 193 g/mol. The lowest BCUT2D eigenvalue weighted by Crippen LogP contribution is -2.31. The van der Waals surface area contributed by atoms with Crippen LogP contribution < -0.4 is 0 Å². The average Bonchev–Trinajstić information content (AvgIpc) is 2.59. The van der Waals surface area contributed by atoms with Crippen LogP contribution in [-0.2, 0) is 0 Å². The van der Waals surface area contributed by atoms with E-state index in [4.69, 9.17) is 0 Å². The molecule has 4 nitrogen and oxygen atoms in total. The summed E-state index contributed by atoms with van der Waals surface area (Å²) < 4.78 is 0. The summed E-state index contributed by atoms with van der Waals surface area (Å²) in [5, 5.41) is 6.57. The molecule has 1 amide bonds. The second kappa shape index (κ2) is 4.60. The molecule has 0 bridgehead atoms. The molecule has 76 valence electrons. The fourth-order valence-corrected chi connectivity index (χ4v) is 1.25. The van der Waals surface area contributed by atoms with E-state index in [9.17, 15) is 4.79 Å². The Kier molecular flexibility index (Phi) is 3.45. The van der Waals surface area contributed by atoms with Crippen LogP contribution >= 0.6 is 0 Å². The topological polar surface area (TPSA) is 49.0 Å². The summed E-state index contributed by atoms with van der Waals surface area (Å²) >= 11 is 0. The Labute approximate surface area is 83.6 Å². The van der Waals surface area contributed by atoms with Crippen LogP contribution in [0.25, 0.3) is 0 Å². The first-order valence-electron chi connectivity index (χ1n) is 4.60. The van der Waals surface area contributed by atoms with Gasteiger partial charge in [0.05, 0.1) is 11.8 Å². The molecule has 0 fully saturated rings. The number of nitrogens with one attached hydrogen (secondary N) is 1. The number of carbonyl (C=O) groups excluding carboxylic acids is 1. The van der Waals surface area contributed by atoms with Crippen LogP contribution in [0.15, 0.2) is 18.9 Å². The largest absolute Gasteiger partial charge is 0.335 e. The Balaban J connectivity index is 2.82. The Bertz CT molecular complexity index is 330. The third kappa shape index (κ3) is 2.02. The molecule has 0 saturated heterocycles. The van der Waals surface area contributed by atoms with E-state index in [1.54, 1.807) is 17.2 Å². The van der Waals surface area contributed by atoms with Gasteiger partial charge in [-0.05, 0) is 13.8 Å². The van der Waals surface area contributed by atoms with Gasteiger partial charge < -0.3 is 4.90 Å². The van der Waals surface area contributed by atoms with Gasteiger partial charge in [0.1, 0.15) is 0 Å². The Morgan fingerprint density at radius 2 is 2.50 bits per heavy atom. The number of rotatable bonds is 4. The minimum Gasteiger partial charge on any atom is -0.335 e. The van der Waals surface area contributed by atoms with Gasteiger partial charge >= 0.3 is 0 Å². The van der Waals surface area contributed by atoms with E-state index in [2.05, 4.69) is 16.8 Å². The highest BCUT2D eigenvalue weighted by molar-refractivity contribution is 5.95. The molecule has 1 aromatic heterocycles. The van der Waals surface area contributed by atoms with Gasteiger partial charge in [0.2, 0.25) is 0 Å². The Morgan fingerprint density at radius 1 is 1.79 bits per heavy atom. The van der Waals surface area contributed by atoms with Crippen molar-refractivity contribution in [2.75, 3.05) is 13.1 Å². The number of aryl methyl sites for hydroxylation is 1. The van der Waals surface area contributed by atoms with E-state index < -0.39 is 0 Å². The summed E-state index contributed by atoms with van der Waals surface area (Å²) in [5.41, 5.74) is 1.44. The van der Waals surface area contributed by atoms with Crippen molar-refractivity contribution in [2.45, 2.75) is 13.8 Å². The van der Waals surface area contributed by atoms with E-state index in [1.165, 1.54) is 0 Å². The predicted octanol–water partition coefficient (Wildman–Crippen LogP) is 1.37. The predicted molar refractivity (Wildman–Crippen MR) is 55.1 cm³/mol. The number of nitrogens with zero attached hydrogens (tertiary/aromatic N) is 2. The van der Waals surface area contributed by atoms with Crippen molar-refractivity contribution in [2.24, 2.45) is 0 Å². The standard InChI is InChI=1S/C10H15N3O/c1-4-6-13(5-2)10(14)9-7-11-12-8(9)3/h4,7H,1,5-6H2,2-3H3,(H,11,12). The normalized spacial score (nSPS) is 9.86. The molecular formula is C10H15N3O. The molecule has 0 spiro atoms. The maximum Gasteiger partial charge on any atom is 0.257 e. The third-order valence-corrected chi connectivity index (χ3v) is 2.08. The van der Waals surface area contributed by atoms with Crippen molar-refractivity contribution < 1.29 is 4.79 Å². The van der Waals surface area contributed by atoms with Crippen molar-refractivity contribution in [3.8, 4) is 0 Å². The number of H-pyrrole nitrogens is 1. The SMILES string of the molecule is C=CCN(CC)C(=O)c1cn[nH]c1C. The van der Waals surface area contributed by atoms with E-state index in [-0.39, 0.29) is 5.91 Å². The monoisotopic (exact) mass is 193 g/mol. The van der Waals surface area contributed by atoms with Gasteiger partial charge in [-0.1, -0.05) is 6.08 Å². The summed E-state index contributed by atoms with van der Waals surface area (Å²) in [7, 11) is 0. The van der Waals surface area contributed by atoms with Gasteiger partial charge in [-0.15, -0.1) is 6.58 Å². The van der Waals surface area contributed by atoms with Crippen LogP contribution in [0.2, 0.25) is 0 Å². The minimum atomic E-state index is -0.00125. The van der Waals surface area contributed by atoms with Crippen LogP contribution in [0.1, 0.15) is 23.0 Å². The molecule has 0 aliphatic rings. The third-order valence-electron chi connectivity index (χ3n) is 2.08. The lowest BCUT2D eigenvalue weighted by Gasteiger charge is -2.18. The molecule has 0 aromatic carbocycles. The second-order valence-electron chi connectivity index (χ2n) is 3.04. The van der Waals surface area contributed by atoms with Crippen molar-refractivity contribution >= 4 is 5.91 Å². The zero-order chi connectivity index (χ0) is 10.6. The molecule has 1 N–H and O–H groups in total. The molecule has 14 heavy (non-hydrogen) atoms. The quantitative estimate of drug-likeness (QED) is 0.734. The summed E-state index contributed by atoms with van der Waals surface area (Å²) in [6, 6.07) is 0. The van der Waals surface area contributed by atoms with Crippen molar-refractivity contribution in [1.29, 1.82) is 0 Å². The summed E-state index contributed by atoms with van der Waals surface area (Å²) in [6.07, 6.45) is 3.28. The first-order valence-corrected chi connectivity index (χ1v) is 4.60. The van der Waals surface area contributed by atoms with E-state index >= 15 is 0 Å². The van der Waals surface area contributed by atoms with Gasteiger partial charge in [0.15, 0.2) is 0 Å². The molecule has 0 radical (unpaired) electrons. The van der Waals surface area contributed by atoms with E-state index in [1.807, 2.05) is 13.8 Å². The Morgan fingerprint density at radius 3 is 2.93 bits per heavy atom. The number of hydrogen-bond donors (Lipinski definition) is 1. The Hall–Kier alpha value is -1.58. The molecule has 0 aliphatic heterocycles. The maximum absolute atomic E-state index is 11.9. The summed E-state index contributed by atoms with van der Waals surface area (Å²) in [5.74, 6) is -0.00125. The molecule has 0 saturated carbocycles. The molecule has 1 heterocycles. The number of amides is 1. The fraction of sp³-hybridized carbons (Fsp3) is 0.400. The highest BCUT2D eigenvalue weighted by Gasteiger charge is 2.15. The highest BCUT2D eigenvalue weighted by atomic mass is 16.2. The second-order valence-corrected chi connectivity index (χ2v) is 3.04. The number of carbonyl (C=O) groups is 1. The van der Waals surface area contributed by atoms with Crippen LogP contribution in [0.4, 0.5) is 0 Å². The molecular weight excluding hydrogens is 178 g/mol. The minimum absolute atomic E-state index is 0.00125. The number of hydrogen-bond acceptors (Lipinski definition) is 2. The molecule has 4 heteroatoms. The van der Waals surface area contributed by atoms with Crippen molar-refractivity contribution in [3.63, 3.8) is 0 Å². The van der Waals surface area contributed by atoms with Crippen LogP contribution in [0.3, 0.4) is 0 Å². The summed E-state index contributed by atoms with van der Waals surface area (Å²) in [6.45, 7) is 8.64. The van der Waals surface area contributed by atoms with Gasteiger partial charge in [-0.25, -0.2) is 0 Å². The zero-order valence-corrected chi connectivity index (χ0v) is 8.58. The lowest BCUT2D eigenvalue weighted by molar-refractivity contribution is 0.0781. The molecule has 0 aliphatic carbocycles. The van der Waals surface area contributed by atoms with Gasteiger partial charge in [0, 0.05) is 18.8 Å². The highest BCUT2D eigenvalue weighted by Crippen LogP contribution is 2.07. The van der Waals surface area contributed by atoms with Gasteiger partial charge in [-0.2, -0.15) is 5.10 Å². The first kappa shape index (κ1) is 10.5. The molecule has 1 rings (SSSR count). The van der Waals surface area contributed by atoms with Crippen LogP contribution in [0, 0.1) is 6.92 Å². The van der Waals surface area contributed by atoms with Crippen molar-refractivity contribution in [1.82, 2.24) is 15.1 Å². The van der Waals surface area contributed by atoms with Gasteiger partial charge in [0.25, 0.3) is 5.91 Å². The maximum atomic E-state index is 11.9. The molecule has 1 aromatic rings. The van der Waals surface area contributed by atoms with E-state index in [0.717, 1.165) is 5.69 Å². The zero-order valence-electron chi connectivity index (χ0n) is 8.58. The smallest absolute Gasteiger partial charge is 0.257 e.